The van der Waals surface area contributed by atoms with E-state index in [1.807, 2.05) is 31.3 Å². The molecule has 0 aliphatic rings. The molecule has 3 nitrogen and oxygen atoms in total. The third-order valence-electron chi connectivity index (χ3n) is 3.79. The lowest BCUT2D eigenvalue weighted by Crippen LogP contribution is -2.40. The lowest BCUT2D eigenvalue weighted by Gasteiger charge is -2.31. The molecule has 0 aliphatic carbocycles. The lowest BCUT2D eigenvalue weighted by atomic mass is 9.87. The Morgan fingerprint density at radius 1 is 1.05 bits per heavy atom. The van der Waals surface area contributed by atoms with E-state index in [9.17, 15) is 4.79 Å². The molecular weight excluding hydrogens is 262 g/mol. The van der Waals surface area contributed by atoms with Gasteiger partial charge in [-0.15, -0.1) is 0 Å². The van der Waals surface area contributed by atoms with Gasteiger partial charge in [-0.2, -0.15) is 0 Å². The zero-order valence-electron chi connectivity index (χ0n) is 14.5. The molecule has 1 aromatic rings. The highest BCUT2D eigenvalue weighted by atomic mass is 16.5. The van der Waals surface area contributed by atoms with Crippen molar-refractivity contribution >= 4 is 5.97 Å². The summed E-state index contributed by atoms with van der Waals surface area (Å²) in [4.78, 5) is 14.2. The summed E-state index contributed by atoms with van der Waals surface area (Å²) >= 11 is 0. The van der Waals surface area contributed by atoms with E-state index >= 15 is 0 Å². The first kappa shape index (κ1) is 17.7. The fraction of sp³-hybridized carbons (Fsp3) is 0.611. The number of hydrogen-bond acceptors (Lipinski definition) is 3. The predicted molar refractivity (Wildman–Crippen MR) is 87.8 cm³/mol. The van der Waals surface area contributed by atoms with Gasteiger partial charge in [0.05, 0.1) is 5.56 Å². The van der Waals surface area contributed by atoms with Gasteiger partial charge in [0.2, 0.25) is 0 Å². The molecule has 0 amide bonds. The number of esters is 1. The van der Waals surface area contributed by atoms with Crippen LogP contribution in [0.2, 0.25) is 0 Å². The molecule has 3 heteroatoms. The molecule has 1 rings (SSSR count). The normalized spacial score (nSPS) is 12.6. The summed E-state index contributed by atoms with van der Waals surface area (Å²) in [6.45, 7) is 14.0. The number of likely N-dealkylation sites (N-methyl/N-ethyl adjacent to an activating group) is 1. The number of hydrogen-bond donors (Lipinski definition) is 0. The van der Waals surface area contributed by atoms with Crippen molar-refractivity contribution in [3.63, 3.8) is 0 Å². The van der Waals surface area contributed by atoms with Gasteiger partial charge in [0, 0.05) is 12.1 Å². The van der Waals surface area contributed by atoms with Gasteiger partial charge in [-0.3, -0.25) is 4.90 Å². The predicted octanol–water partition coefficient (Wildman–Crippen LogP) is 3.87. The average molecular weight is 291 g/mol. The largest absolute Gasteiger partial charge is 0.461 e. The van der Waals surface area contributed by atoms with E-state index < -0.39 is 0 Å². The number of benzene rings is 1. The Morgan fingerprint density at radius 3 is 2.00 bits per heavy atom. The quantitative estimate of drug-likeness (QED) is 0.789. The molecule has 0 unspecified atom stereocenters. The maximum atomic E-state index is 12.0. The Hall–Kier alpha value is -1.35. The van der Waals surface area contributed by atoms with Gasteiger partial charge in [0.15, 0.2) is 0 Å². The Bertz CT molecular complexity index is 463. The van der Waals surface area contributed by atoms with E-state index in [4.69, 9.17) is 4.74 Å². The Morgan fingerprint density at radius 2 is 1.57 bits per heavy atom. The summed E-state index contributed by atoms with van der Waals surface area (Å²) in [7, 11) is 2.03. The van der Waals surface area contributed by atoms with Gasteiger partial charge in [0.1, 0.15) is 6.61 Å². The molecule has 0 saturated carbocycles. The molecule has 0 atom stereocenters. The lowest BCUT2D eigenvalue weighted by molar-refractivity contribution is 0.0423. The molecule has 0 aromatic heterocycles. The zero-order valence-corrected chi connectivity index (χ0v) is 14.5. The van der Waals surface area contributed by atoms with Gasteiger partial charge in [-0.1, -0.05) is 32.9 Å². The van der Waals surface area contributed by atoms with E-state index in [2.05, 4.69) is 46.4 Å². The Labute approximate surface area is 129 Å². The maximum absolute atomic E-state index is 12.0. The van der Waals surface area contributed by atoms with Gasteiger partial charge >= 0.3 is 5.97 Å². The first-order valence-corrected chi connectivity index (χ1v) is 7.51. The fourth-order valence-electron chi connectivity index (χ4n) is 1.80. The van der Waals surface area contributed by atoms with Crippen LogP contribution in [0.15, 0.2) is 24.3 Å². The third kappa shape index (κ3) is 5.50. The van der Waals surface area contributed by atoms with Crippen LogP contribution in [0.1, 0.15) is 57.5 Å². The number of carbonyl (C=O) groups is 1. The van der Waals surface area contributed by atoms with Crippen molar-refractivity contribution < 1.29 is 9.53 Å². The van der Waals surface area contributed by atoms with Crippen LogP contribution in [-0.2, 0) is 10.2 Å². The summed E-state index contributed by atoms with van der Waals surface area (Å²) < 4.78 is 5.34. The van der Waals surface area contributed by atoms with Gasteiger partial charge < -0.3 is 4.74 Å². The molecule has 0 radical (unpaired) electrons. The number of ether oxygens (including phenoxy) is 1. The van der Waals surface area contributed by atoms with Crippen molar-refractivity contribution in [1.82, 2.24) is 4.90 Å². The summed E-state index contributed by atoms with van der Waals surface area (Å²) in [5.41, 5.74) is 2.01. The van der Waals surface area contributed by atoms with E-state index in [1.165, 1.54) is 5.56 Å². The van der Waals surface area contributed by atoms with Gasteiger partial charge in [-0.05, 0) is 50.9 Å². The van der Waals surface area contributed by atoms with Crippen molar-refractivity contribution in [2.45, 2.75) is 52.5 Å². The molecule has 0 heterocycles. The number of rotatable bonds is 4. The van der Waals surface area contributed by atoms with E-state index in [0.29, 0.717) is 12.2 Å². The molecular formula is C18H29NO2. The Kier molecular flexibility index (Phi) is 5.57. The number of nitrogens with zero attached hydrogens (tertiary/aromatic N) is 1. The second kappa shape index (κ2) is 6.61. The highest BCUT2D eigenvalue weighted by Crippen LogP contribution is 2.22. The maximum Gasteiger partial charge on any atom is 0.338 e. The fourth-order valence-corrected chi connectivity index (χ4v) is 1.80. The van der Waals surface area contributed by atoms with Crippen molar-refractivity contribution in [2.24, 2.45) is 0 Å². The summed E-state index contributed by atoms with van der Waals surface area (Å²) in [6.07, 6.45) is 0. The van der Waals surface area contributed by atoms with E-state index in [1.54, 1.807) is 0 Å². The monoisotopic (exact) mass is 291 g/mol. The van der Waals surface area contributed by atoms with E-state index in [-0.39, 0.29) is 16.9 Å². The molecule has 118 valence electrons. The van der Waals surface area contributed by atoms with Crippen molar-refractivity contribution in [3.05, 3.63) is 35.4 Å². The first-order chi connectivity index (χ1) is 9.51. The minimum absolute atomic E-state index is 0.0841. The van der Waals surface area contributed by atoms with Crippen LogP contribution < -0.4 is 0 Å². The van der Waals surface area contributed by atoms with E-state index in [0.717, 1.165) is 6.54 Å². The van der Waals surface area contributed by atoms with Crippen LogP contribution in [0, 0.1) is 0 Å². The molecule has 0 aliphatic heterocycles. The minimum atomic E-state index is -0.252. The summed E-state index contributed by atoms with van der Waals surface area (Å²) in [5.74, 6) is -0.252. The molecule has 0 bridgehead atoms. The smallest absolute Gasteiger partial charge is 0.338 e. The third-order valence-corrected chi connectivity index (χ3v) is 3.79. The van der Waals surface area contributed by atoms with Crippen LogP contribution in [-0.4, -0.2) is 36.6 Å². The second-order valence-electron chi connectivity index (χ2n) is 7.56. The molecule has 0 N–H and O–H groups in total. The van der Waals surface area contributed by atoms with Crippen molar-refractivity contribution in [1.29, 1.82) is 0 Å². The zero-order chi connectivity index (χ0) is 16.3. The molecule has 0 fully saturated rings. The van der Waals surface area contributed by atoms with Crippen LogP contribution in [0.4, 0.5) is 0 Å². The first-order valence-electron chi connectivity index (χ1n) is 7.51. The van der Waals surface area contributed by atoms with Crippen LogP contribution in [0.3, 0.4) is 0 Å². The van der Waals surface area contributed by atoms with Gasteiger partial charge in [-0.25, -0.2) is 4.79 Å². The molecule has 0 saturated heterocycles. The van der Waals surface area contributed by atoms with Crippen LogP contribution in [0.25, 0.3) is 0 Å². The standard InChI is InChI=1S/C18H29NO2/c1-17(2,3)15-10-8-14(9-11-15)16(20)21-13-12-19(7)18(4,5)6/h8-11H,12-13H2,1-7H3. The Balaban J connectivity index is 2.53. The van der Waals surface area contributed by atoms with Crippen molar-refractivity contribution in [3.8, 4) is 0 Å². The minimum Gasteiger partial charge on any atom is -0.461 e. The van der Waals surface area contributed by atoms with Crippen LogP contribution in [0.5, 0.6) is 0 Å². The van der Waals surface area contributed by atoms with Crippen molar-refractivity contribution in [2.75, 3.05) is 20.2 Å². The topological polar surface area (TPSA) is 29.5 Å². The van der Waals surface area contributed by atoms with Crippen LogP contribution >= 0.6 is 0 Å². The average Bonchev–Trinajstić information content (AvgIpc) is 2.36. The molecule has 21 heavy (non-hydrogen) atoms. The molecule has 0 spiro atoms. The summed E-state index contributed by atoms with van der Waals surface area (Å²) in [5, 5.41) is 0. The summed E-state index contributed by atoms with van der Waals surface area (Å²) in [6, 6.07) is 7.68. The highest BCUT2D eigenvalue weighted by molar-refractivity contribution is 5.89. The molecule has 1 aromatic carbocycles. The highest BCUT2D eigenvalue weighted by Gasteiger charge is 2.18. The number of carbonyl (C=O) groups excluding carboxylic acids is 1. The second-order valence-corrected chi connectivity index (χ2v) is 7.56. The van der Waals surface area contributed by atoms with Gasteiger partial charge in [0.25, 0.3) is 0 Å². The SMILES string of the molecule is CN(CCOC(=O)c1ccc(C(C)(C)C)cc1)C(C)(C)C.